The second-order valence-electron chi connectivity index (χ2n) is 5.04. The van der Waals surface area contributed by atoms with Crippen LogP contribution >= 0.6 is 0 Å². The summed E-state index contributed by atoms with van der Waals surface area (Å²) in [4.78, 5) is 13.1. The molecule has 1 aromatic rings. The van der Waals surface area contributed by atoms with Crippen LogP contribution in [0.2, 0.25) is 0 Å². The van der Waals surface area contributed by atoms with Gasteiger partial charge in [0.25, 0.3) is 0 Å². The van der Waals surface area contributed by atoms with Crippen molar-refractivity contribution in [3.05, 3.63) is 29.8 Å². The average molecular weight is 215 g/mol. The summed E-state index contributed by atoms with van der Waals surface area (Å²) in [6, 6.07) is 8.78. The number of carbonyl (C=O) groups is 1. The third-order valence-corrected chi connectivity index (χ3v) is 3.50. The zero-order valence-corrected chi connectivity index (χ0v) is 9.43. The van der Waals surface area contributed by atoms with Gasteiger partial charge in [0.2, 0.25) is 0 Å². The molecule has 2 nitrogen and oxygen atoms in total. The maximum absolute atomic E-state index is 10.6. The van der Waals surface area contributed by atoms with Crippen molar-refractivity contribution in [1.82, 2.24) is 0 Å². The summed E-state index contributed by atoms with van der Waals surface area (Å²) in [6.45, 7) is 1.21. The molecule has 0 unspecified atom stereocenters. The molecule has 1 aromatic carbocycles. The standard InChI is InChI=1S/C14H17NO/c16-10-12-3-5-13(6-4-12)15(14-7-8-14)9-11-1-2-11/h3-6,10-11,14H,1-2,7-9H2. The highest BCUT2D eigenvalue weighted by molar-refractivity contribution is 5.75. The molecule has 2 aliphatic carbocycles. The Hall–Kier alpha value is -1.31. The van der Waals surface area contributed by atoms with Gasteiger partial charge in [0.15, 0.2) is 0 Å². The van der Waals surface area contributed by atoms with E-state index in [1.54, 1.807) is 0 Å². The van der Waals surface area contributed by atoms with Crippen LogP contribution in [-0.4, -0.2) is 18.9 Å². The SMILES string of the molecule is O=Cc1ccc(N(CC2CC2)C2CC2)cc1. The second kappa shape index (κ2) is 3.93. The molecule has 2 saturated carbocycles. The van der Waals surface area contributed by atoms with Crippen molar-refractivity contribution in [3.63, 3.8) is 0 Å². The minimum absolute atomic E-state index is 0.766. The third-order valence-electron chi connectivity index (χ3n) is 3.50. The monoisotopic (exact) mass is 215 g/mol. The van der Waals surface area contributed by atoms with Crippen molar-refractivity contribution in [2.75, 3.05) is 11.4 Å². The first-order valence-corrected chi connectivity index (χ1v) is 6.19. The fourth-order valence-electron chi connectivity index (χ4n) is 2.17. The molecular weight excluding hydrogens is 198 g/mol. The molecule has 16 heavy (non-hydrogen) atoms. The molecule has 84 valence electrons. The van der Waals surface area contributed by atoms with E-state index in [1.807, 2.05) is 12.1 Å². The van der Waals surface area contributed by atoms with Gasteiger partial charge in [-0.2, -0.15) is 0 Å². The van der Waals surface area contributed by atoms with Gasteiger partial charge >= 0.3 is 0 Å². The number of hydrogen-bond acceptors (Lipinski definition) is 2. The topological polar surface area (TPSA) is 20.3 Å². The smallest absolute Gasteiger partial charge is 0.150 e. The van der Waals surface area contributed by atoms with Crippen LogP contribution in [0.4, 0.5) is 5.69 Å². The maximum atomic E-state index is 10.6. The minimum atomic E-state index is 0.766. The molecule has 0 aliphatic heterocycles. The summed E-state index contributed by atoms with van der Waals surface area (Å²) in [5, 5.41) is 0. The van der Waals surface area contributed by atoms with E-state index in [1.165, 1.54) is 37.9 Å². The van der Waals surface area contributed by atoms with Crippen LogP contribution in [0.25, 0.3) is 0 Å². The Morgan fingerprint density at radius 2 is 1.81 bits per heavy atom. The van der Waals surface area contributed by atoms with Crippen LogP contribution in [0.15, 0.2) is 24.3 Å². The van der Waals surface area contributed by atoms with Gasteiger partial charge < -0.3 is 4.90 Å². The predicted octanol–water partition coefficient (Wildman–Crippen LogP) is 2.88. The van der Waals surface area contributed by atoms with Crippen molar-refractivity contribution >= 4 is 12.0 Å². The van der Waals surface area contributed by atoms with Crippen molar-refractivity contribution in [3.8, 4) is 0 Å². The summed E-state index contributed by atoms with van der Waals surface area (Å²) in [5.41, 5.74) is 2.06. The number of nitrogens with zero attached hydrogens (tertiary/aromatic N) is 1. The van der Waals surface area contributed by atoms with Crippen LogP contribution in [0.5, 0.6) is 0 Å². The Kier molecular flexibility index (Phi) is 2.43. The van der Waals surface area contributed by atoms with E-state index in [-0.39, 0.29) is 0 Å². The van der Waals surface area contributed by atoms with Crippen LogP contribution in [-0.2, 0) is 0 Å². The van der Waals surface area contributed by atoms with E-state index in [4.69, 9.17) is 0 Å². The highest BCUT2D eigenvalue weighted by Crippen LogP contribution is 2.37. The average Bonchev–Trinajstić information content (AvgIpc) is 3.16. The quantitative estimate of drug-likeness (QED) is 0.704. The Bertz CT molecular complexity index is 376. The Morgan fingerprint density at radius 1 is 1.12 bits per heavy atom. The molecule has 2 fully saturated rings. The Morgan fingerprint density at radius 3 is 2.31 bits per heavy atom. The van der Waals surface area contributed by atoms with E-state index in [0.29, 0.717) is 0 Å². The first kappa shape index (κ1) is 9.88. The highest BCUT2D eigenvalue weighted by Gasteiger charge is 2.33. The molecule has 0 heterocycles. The number of hydrogen-bond donors (Lipinski definition) is 0. The minimum Gasteiger partial charge on any atom is -0.368 e. The van der Waals surface area contributed by atoms with Crippen LogP contribution in [0.3, 0.4) is 0 Å². The van der Waals surface area contributed by atoms with Crippen molar-refractivity contribution in [2.24, 2.45) is 5.92 Å². The molecular formula is C14H17NO. The largest absolute Gasteiger partial charge is 0.368 e. The summed E-state index contributed by atoms with van der Waals surface area (Å²) < 4.78 is 0. The number of anilines is 1. The van der Waals surface area contributed by atoms with E-state index in [9.17, 15) is 4.79 Å². The van der Waals surface area contributed by atoms with Crippen LogP contribution in [0.1, 0.15) is 36.0 Å². The first-order chi connectivity index (χ1) is 7.86. The molecule has 0 aromatic heterocycles. The van der Waals surface area contributed by atoms with Gasteiger partial charge in [-0.1, -0.05) is 0 Å². The lowest BCUT2D eigenvalue weighted by atomic mass is 10.2. The third kappa shape index (κ3) is 2.11. The summed E-state index contributed by atoms with van der Waals surface area (Å²) in [6.07, 6.45) is 6.38. The zero-order chi connectivity index (χ0) is 11.0. The predicted molar refractivity (Wildman–Crippen MR) is 64.9 cm³/mol. The van der Waals surface area contributed by atoms with Gasteiger partial charge in [0, 0.05) is 23.8 Å². The lowest BCUT2D eigenvalue weighted by Gasteiger charge is -2.24. The molecule has 0 bridgehead atoms. The molecule has 0 amide bonds. The van der Waals surface area contributed by atoms with Gasteiger partial charge in [-0.15, -0.1) is 0 Å². The number of carbonyl (C=O) groups excluding carboxylic acids is 1. The van der Waals surface area contributed by atoms with Crippen LogP contribution in [0, 0.1) is 5.92 Å². The van der Waals surface area contributed by atoms with E-state index in [0.717, 1.165) is 23.8 Å². The summed E-state index contributed by atoms with van der Waals surface area (Å²) in [5.74, 6) is 0.923. The van der Waals surface area contributed by atoms with E-state index in [2.05, 4.69) is 17.0 Å². The lowest BCUT2D eigenvalue weighted by Crippen LogP contribution is -2.27. The highest BCUT2D eigenvalue weighted by atomic mass is 16.1. The molecule has 0 atom stereocenters. The van der Waals surface area contributed by atoms with Gasteiger partial charge in [-0.05, 0) is 55.9 Å². The number of rotatable bonds is 5. The van der Waals surface area contributed by atoms with Crippen molar-refractivity contribution < 1.29 is 4.79 Å². The molecule has 0 saturated heterocycles. The second-order valence-corrected chi connectivity index (χ2v) is 5.04. The summed E-state index contributed by atoms with van der Waals surface area (Å²) >= 11 is 0. The first-order valence-electron chi connectivity index (χ1n) is 6.19. The Balaban J connectivity index is 1.77. The molecule has 3 rings (SSSR count). The summed E-state index contributed by atoms with van der Waals surface area (Å²) in [7, 11) is 0. The molecule has 0 radical (unpaired) electrons. The molecule has 0 N–H and O–H groups in total. The Labute approximate surface area is 96.3 Å². The fraction of sp³-hybridized carbons (Fsp3) is 0.500. The molecule has 2 aliphatic rings. The fourth-order valence-corrected chi connectivity index (χ4v) is 2.17. The number of aldehydes is 1. The van der Waals surface area contributed by atoms with Crippen LogP contribution < -0.4 is 4.90 Å². The normalized spacial score (nSPS) is 19.5. The molecule has 0 spiro atoms. The van der Waals surface area contributed by atoms with Gasteiger partial charge in [-0.3, -0.25) is 4.79 Å². The van der Waals surface area contributed by atoms with Gasteiger partial charge in [-0.25, -0.2) is 0 Å². The van der Waals surface area contributed by atoms with E-state index < -0.39 is 0 Å². The number of benzene rings is 1. The van der Waals surface area contributed by atoms with E-state index >= 15 is 0 Å². The molecule has 2 heteroatoms. The van der Waals surface area contributed by atoms with Crippen molar-refractivity contribution in [1.29, 1.82) is 0 Å². The van der Waals surface area contributed by atoms with Crippen molar-refractivity contribution in [2.45, 2.75) is 31.7 Å². The van der Waals surface area contributed by atoms with Gasteiger partial charge in [0.05, 0.1) is 0 Å². The lowest BCUT2D eigenvalue weighted by molar-refractivity contribution is 0.112. The van der Waals surface area contributed by atoms with Gasteiger partial charge in [0.1, 0.15) is 6.29 Å². The zero-order valence-electron chi connectivity index (χ0n) is 9.43. The maximum Gasteiger partial charge on any atom is 0.150 e.